The van der Waals surface area contributed by atoms with E-state index in [-0.39, 0.29) is 12.2 Å². The number of carbonyl (C=O) groups is 2. The predicted octanol–water partition coefficient (Wildman–Crippen LogP) is 2.77. The number of esters is 1. The molecule has 6 heteroatoms. The number of alkyl halides is 3. The summed E-state index contributed by atoms with van der Waals surface area (Å²) in [5.41, 5.74) is -0.460. The van der Waals surface area contributed by atoms with Gasteiger partial charge >= 0.3 is 12.1 Å². The molecule has 0 aliphatic rings. The Hall–Kier alpha value is -2.11. The summed E-state index contributed by atoms with van der Waals surface area (Å²) >= 11 is 0. The Kier molecular flexibility index (Phi) is 4.25. The summed E-state index contributed by atoms with van der Waals surface area (Å²) in [4.78, 5) is 22.2. The second-order valence-electron chi connectivity index (χ2n) is 3.29. The normalized spacial score (nSPS) is 10.8. The van der Waals surface area contributed by atoms with Crippen molar-refractivity contribution in [2.24, 2.45) is 0 Å². The first kappa shape index (κ1) is 14.0. The number of halogens is 3. The van der Waals surface area contributed by atoms with Gasteiger partial charge in [0, 0.05) is 5.56 Å². The third-order valence-electron chi connectivity index (χ3n) is 1.97. The summed E-state index contributed by atoms with van der Waals surface area (Å²) in [5.74, 6) is -2.64. The predicted molar refractivity (Wildman–Crippen MR) is 57.3 cm³/mol. The molecule has 0 unspecified atom stereocenters. The Bertz CT molecular complexity index is 460. The molecule has 0 aliphatic carbocycles. The van der Waals surface area contributed by atoms with Gasteiger partial charge in [-0.15, -0.1) is 0 Å². The Morgan fingerprint density at radius 3 is 2.11 bits per heavy atom. The van der Waals surface area contributed by atoms with Crippen LogP contribution in [0.1, 0.15) is 20.7 Å². The number of ketones is 1. The standard InChI is InChI=1S/C12H9F3O3/c1-2-7-18-11(17)9-5-3-8(4-6-9)10(16)12(13,14)15/h2-6H,1,7H2. The molecule has 0 aliphatic heterocycles. The van der Waals surface area contributed by atoms with Crippen LogP contribution in [0.4, 0.5) is 13.2 Å². The van der Waals surface area contributed by atoms with Crippen molar-refractivity contribution in [3.8, 4) is 0 Å². The van der Waals surface area contributed by atoms with Crippen molar-refractivity contribution < 1.29 is 27.5 Å². The molecule has 96 valence electrons. The van der Waals surface area contributed by atoms with E-state index in [1.807, 2.05) is 0 Å². The van der Waals surface area contributed by atoms with E-state index in [1.54, 1.807) is 0 Å². The molecule has 1 aromatic carbocycles. The molecule has 0 amide bonds. The van der Waals surface area contributed by atoms with E-state index in [2.05, 4.69) is 11.3 Å². The number of hydrogen-bond donors (Lipinski definition) is 0. The molecule has 0 aromatic heterocycles. The first-order chi connectivity index (χ1) is 8.36. The van der Waals surface area contributed by atoms with Crippen molar-refractivity contribution in [1.29, 1.82) is 0 Å². The molecule has 0 heterocycles. The first-order valence-electron chi connectivity index (χ1n) is 4.86. The molecule has 0 radical (unpaired) electrons. The molecule has 18 heavy (non-hydrogen) atoms. The Morgan fingerprint density at radius 2 is 1.67 bits per heavy atom. The zero-order valence-electron chi connectivity index (χ0n) is 9.16. The van der Waals surface area contributed by atoms with E-state index in [4.69, 9.17) is 0 Å². The van der Waals surface area contributed by atoms with E-state index < -0.39 is 23.5 Å². The van der Waals surface area contributed by atoms with Crippen molar-refractivity contribution in [2.45, 2.75) is 6.18 Å². The number of rotatable bonds is 4. The molecule has 0 atom stereocenters. The summed E-state index contributed by atoms with van der Waals surface area (Å²) in [6.45, 7) is 3.35. The van der Waals surface area contributed by atoms with Crippen LogP contribution in [0.25, 0.3) is 0 Å². The fraction of sp³-hybridized carbons (Fsp3) is 0.167. The number of ether oxygens (including phenoxy) is 1. The van der Waals surface area contributed by atoms with E-state index >= 15 is 0 Å². The highest BCUT2D eigenvalue weighted by Crippen LogP contribution is 2.21. The van der Waals surface area contributed by atoms with Crippen LogP contribution in [0, 0.1) is 0 Å². The minimum Gasteiger partial charge on any atom is -0.458 e. The second kappa shape index (κ2) is 5.48. The summed E-state index contributed by atoms with van der Waals surface area (Å²) in [5, 5.41) is 0. The number of carbonyl (C=O) groups excluding carboxylic acids is 2. The highest BCUT2D eigenvalue weighted by atomic mass is 19.4. The minimum absolute atomic E-state index is 0.00205. The molecule has 0 spiro atoms. The van der Waals surface area contributed by atoms with Crippen molar-refractivity contribution in [2.75, 3.05) is 6.61 Å². The Labute approximate surface area is 101 Å². The van der Waals surface area contributed by atoms with Crippen molar-refractivity contribution in [3.63, 3.8) is 0 Å². The minimum atomic E-state index is -4.93. The zero-order valence-corrected chi connectivity index (χ0v) is 9.16. The van der Waals surface area contributed by atoms with Gasteiger partial charge in [-0.05, 0) is 12.1 Å². The topological polar surface area (TPSA) is 43.4 Å². The molecule has 0 saturated carbocycles. The molecule has 3 nitrogen and oxygen atoms in total. The lowest BCUT2D eigenvalue weighted by molar-refractivity contribution is -0.0885. The first-order valence-corrected chi connectivity index (χ1v) is 4.86. The molecular weight excluding hydrogens is 249 g/mol. The van der Waals surface area contributed by atoms with Gasteiger partial charge in [-0.1, -0.05) is 24.8 Å². The maximum Gasteiger partial charge on any atom is 0.454 e. The number of Topliss-reactive ketones (excluding diaryl/α,β-unsaturated/α-hetero) is 1. The van der Waals surface area contributed by atoms with Crippen LogP contribution < -0.4 is 0 Å². The molecule has 0 bridgehead atoms. The molecule has 0 saturated heterocycles. The van der Waals surface area contributed by atoms with Crippen LogP contribution in [0.5, 0.6) is 0 Å². The smallest absolute Gasteiger partial charge is 0.454 e. The monoisotopic (exact) mass is 258 g/mol. The average molecular weight is 258 g/mol. The van der Waals surface area contributed by atoms with Crippen LogP contribution in [-0.2, 0) is 4.74 Å². The molecular formula is C12H9F3O3. The van der Waals surface area contributed by atoms with Gasteiger partial charge < -0.3 is 4.74 Å². The van der Waals surface area contributed by atoms with Gasteiger partial charge in [-0.2, -0.15) is 13.2 Å². The summed E-state index contributed by atoms with van der Waals surface area (Å²) in [7, 11) is 0. The average Bonchev–Trinajstić information content (AvgIpc) is 2.34. The lowest BCUT2D eigenvalue weighted by Crippen LogP contribution is -2.22. The summed E-state index contributed by atoms with van der Waals surface area (Å²) < 4.78 is 41.0. The van der Waals surface area contributed by atoms with E-state index in [1.165, 1.54) is 6.08 Å². The third kappa shape index (κ3) is 3.44. The lowest BCUT2D eigenvalue weighted by atomic mass is 10.1. The van der Waals surface area contributed by atoms with Gasteiger partial charge in [0.25, 0.3) is 5.78 Å². The van der Waals surface area contributed by atoms with Gasteiger partial charge in [0.15, 0.2) is 0 Å². The van der Waals surface area contributed by atoms with E-state index in [0.29, 0.717) is 0 Å². The zero-order chi connectivity index (χ0) is 13.8. The van der Waals surface area contributed by atoms with E-state index in [9.17, 15) is 22.8 Å². The van der Waals surface area contributed by atoms with Crippen LogP contribution in [0.2, 0.25) is 0 Å². The van der Waals surface area contributed by atoms with Gasteiger partial charge in [-0.3, -0.25) is 4.79 Å². The highest BCUT2D eigenvalue weighted by molar-refractivity contribution is 6.01. The summed E-state index contributed by atoms with van der Waals surface area (Å²) in [6, 6.07) is 4.06. The highest BCUT2D eigenvalue weighted by Gasteiger charge is 2.39. The molecule has 1 aromatic rings. The third-order valence-corrected chi connectivity index (χ3v) is 1.97. The van der Waals surface area contributed by atoms with Crippen molar-refractivity contribution in [1.82, 2.24) is 0 Å². The number of hydrogen-bond acceptors (Lipinski definition) is 3. The Balaban J connectivity index is 2.83. The lowest BCUT2D eigenvalue weighted by Gasteiger charge is -2.06. The fourth-order valence-corrected chi connectivity index (χ4v) is 1.14. The largest absolute Gasteiger partial charge is 0.458 e. The van der Waals surface area contributed by atoms with Crippen molar-refractivity contribution >= 4 is 11.8 Å². The SMILES string of the molecule is C=CCOC(=O)c1ccc(C(=O)C(F)(F)F)cc1. The Morgan fingerprint density at radius 1 is 1.17 bits per heavy atom. The fourth-order valence-electron chi connectivity index (χ4n) is 1.14. The van der Waals surface area contributed by atoms with Gasteiger partial charge in [0.1, 0.15) is 6.61 Å². The van der Waals surface area contributed by atoms with Crippen LogP contribution in [-0.4, -0.2) is 24.5 Å². The quantitative estimate of drug-likeness (QED) is 0.474. The molecule has 0 N–H and O–H groups in total. The van der Waals surface area contributed by atoms with Crippen molar-refractivity contribution in [3.05, 3.63) is 48.0 Å². The van der Waals surface area contributed by atoms with E-state index in [0.717, 1.165) is 24.3 Å². The van der Waals surface area contributed by atoms with Gasteiger partial charge in [-0.25, -0.2) is 4.79 Å². The maximum atomic E-state index is 12.1. The second-order valence-corrected chi connectivity index (χ2v) is 3.29. The summed E-state index contributed by atoms with van der Waals surface area (Å²) in [6.07, 6.45) is -3.57. The number of benzene rings is 1. The maximum absolute atomic E-state index is 12.1. The van der Waals surface area contributed by atoms with Crippen LogP contribution in [0.3, 0.4) is 0 Å². The van der Waals surface area contributed by atoms with Gasteiger partial charge in [0.05, 0.1) is 5.56 Å². The van der Waals surface area contributed by atoms with Crippen LogP contribution >= 0.6 is 0 Å². The van der Waals surface area contributed by atoms with Gasteiger partial charge in [0.2, 0.25) is 0 Å². The molecule has 0 fully saturated rings. The molecule has 1 rings (SSSR count). The van der Waals surface area contributed by atoms with Crippen LogP contribution in [0.15, 0.2) is 36.9 Å².